The van der Waals surface area contributed by atoms with Crippen LogP contribution in [0.25, 0.3) is 0 Å². The second-order valence-corrected chi connectivity index (χ2v) is 14.6. The summed E-state index contributed by atoms with van der Waals surface area (Å²) < 4.78 is 23.6. The van der Waals surface area contributed by atoms with Gasteiger partial charge in [-0.1, -0.05) is 45.1 Å². The maximum Gasteiger partial charge on any atom is 0.410 e. The molecule has 274 valence electrons. The third-order valence-electron chi connectivity index (χ3n) is 10.3. The summed E-state index contributed by atoms with van der Waals surface area (Å²) in [6.07, 6.45) is 9.27. The second-order valence-electron chi connectivity index (χ2n) is 14.6. The highest BCUT2D eigenvalue weighted by molar-refractivity contribution is 5.70. The summed E-state index contributed by atoms with van der Waals surface area (Å²) in [6.45, 7) is 14.7. The number of allylic oxidation sites excluding steroid dienone is 2. The van der Waals surface area contributed by atoms with Crippen LogP contribution in [0.5, 0.6) is 0 Å². The molecule has 10 unspecified atom stereocenters. The van der Waals surface area contributed by atoms with Crippen LogP contribution in [0.3, 0.4) is 0 Å². The van der Waals surface area contributed by atoms with E-state index < -0.39 is 47.7 Å². The van der Waals surface area contributed by atoms with Gasteiger partial charge in [-0.15, -0.1) is 0 Å². The maximum absolute atomic E-state index is 13.2. The standard InChI is InChI=1S/C37H62N2O9/c1-9-29(41)27(4)34-30(46-34)24-36(5,44)17-12-13-25(2)33-26(3)14-15-31(37(6,45-8)18-16-28(40)23-32(42)48-33)47-35(43)38(7)21-22-39-19-10-11-20-39/h12-15,17,26-31,33-34,40-41,44H,9-11,16,18-24H2,1-8H3/b15-14+,17-12+,25-13+. The van der Waals surface area contributed by atoms with Crippen molar-refractivity contribution in [3.8, 4) is 0 Å². The second kappa shape index (κ2) is 18.1. The van der Waals surface area contributed by atoms with Crippen molar-refractivity contribution >= 4 is 12.1 Å². The molecule has 3 N–H and O–H groups in total. The van der Waals surface area contributed by atoms with E-state index in [9.17, 15) is 24.9 Å². The third kappa shape index (κ3) is 11.9. The van der Waals surface area contributed by atoms with E-state index >= 15 is 0 Å². The van der Waals surface area contributed by atoms with E-state index in [1.165, 1.54) is 12.8 Å². The molecule has 0 saturated carbocycles. The number of epoxide rings is 1. The van der Waals surface area contributed by atoms with Crippen molar-refractivity contribution in [2.24, 2.45) is 11.8 Å². The number of aliphatic hydroxyl groups excluding tert-OH is 2. The summed E-state index contributed by atoms with van der Waals surface area (Å²) in [6, 6.07) is 0. The zero-order valence-corrected chi connectivity index (χ0v) is 30.5. The van der Waals surface area contributed by atoms with Gasteiger partial charge in [-0.3, -0.25) is 4.79 Å². The molecule has 0 radical (unpaired) electrons. The van der Waals surface area contributed by atoms with Gasteiger partial charge in [-0.25, -0.2) is 4.79 Å². The minimum atomic E-state index is -1.14. The number of ether oxygens (including phenoxy) is 4. The van der Waals surface area contributed by atoms with Gasteiger partial charge in [0.15, 0.2) is 6.10 Å². The van der Waals surface area contributed by atoms with E-state index in [4.69, 9.17) is 18.9 Å². The Hall–Kier alpha value is -2.28. The number of aliphatic hydroxyl groups is 3. The van der Waals surface area contributed by atoms with Crippen molar-refractivity contribution < 1.29 is 43.9 Å². The quantitative estimate of drug-likeness (QED) is 0.111. The summed E-state index contributed by atoms with van der Waals surface area (Å²) in [5.74, 6) is -0.839. The average molecular weight is 679 g/mol. The zero-order valence-electron chi connectivity index (χ0n) is 30.5. The lowest BCUT2D eigenvalue weighted by Crippen LogP contribution is -2.46. The Kier molecular flexibility index (Phi) is 15.1. The minimum Gasteiger partial charge on any atom is -0.457 e. The number of nitrogens with zero attached hydrogens (tertiary/aromatic N) is 2. The van der Waals surface area contributed by atoms with Gasteiger partial charge in [-0.2, -0.15) is 0 Å². The molecule has 10 atom stereocenters. The SMILES string of the molecule is CCC(O)C(C)C1OC1CC(C)(O)/C=C/C=C(\C)C1OC(=O)CC(O)CCC(C)(OC)C(OC(=O)N(C)CCN2CCCC2)/C=C/C1C. The lowest BCUT2D eigenvalue weighted by Gasteiger charge is -2.36. The third-order valence-corrected chi connectivity index (χ3v) is 10.3. The number of rotatable bonds is 13. The van der Waals surface area contributed by atoms with E-state index in [1.807, 2.05) is 40.7 Å². The molecule has 0 aromatic heterocycles. The van der Waals surface area contributed by atoms with Crippen molar-refractivity contribution in [1.82, 2.24) is 9.80 Å². The molecular weight excluding hydrogens is 616 g/mol. The molecule has 11 heteroatoms. The number of carbonyl (C=O) groups excluding carboxylic acids is 2. The first-order valence-corrected chi connectivity index (χ1v) is 17.8. The fourth-order valence-corrected chi connectivity index (χ4v) is 6.60. The molecule has 2 saturated heterocycles. The number of amides is 1. The molecule has 1 amide bonds. The first-order chi connectivity index (χ1) is 22.6. The van der Waals surface area contributed by atoms with Gasteiger partial charge in [0.1, 0.15) is 11.7 Å². The summed E-state index contributed by atoms with van der Waals surface area (Å²) in [4.78, 5) is 30.1. The van der Waals surface area contributed by atoms with Crippen LogP contribution in [0.4, 0.5) is 4.79 Å². The topological polar surface area (TPSA) is 142 Å². The van der Waals surface area contributed by atoms with Gasteiger partial charge in [-0.05, 0) is 77.6 Å². The van der Waals surface area contributed by atoms with Crippen LogP contribution >= 0.6 is 0 Å². The Bertz CT molecular complexity index is 1130. The molecule has 0 aromatic rings. The highest BCUT2D eigenvalue weighted by Gasteiger charge is 2.47. The Morgan fingerprint density at radius 3 is 2.62 bits per heavy atom. The van der Waals surface area contributed by atoms with Crippen LogP contribution in [0, 0.1) is 11.8 Å². The molecule has 2 fully saturated rings. The number of carbonyl (C=O) groups is 2. The predicted molar refractivity (Wildman–Crippen MR) is 184 cm³/mol. The van der Waals surface area contributed by atoms with Crippen molar-refractivity contribution in [3.05, 3.63) is 36.0 Å². The Morgan fingerprint density at radius 1 is 1.29 bits per heavy atom. The van der Waals surface area contributed by atoms with Gasteiger partial charge in [0.05, 0.1) is 36.4 Å². The first-order valence-electron chi connectivity index (χ1n) is 17.8. The molecule has 0 aromatic carbocycles. The lowest BCUT2D eigenvalue weighted by atomic mass is 9.88. The molecule has 0 spiro atoms. The lowest BCUT2D eigenvalue weighted by molar-refractivity contribution is -0.151. The van der Waals surface area contributed by atoms with E-state index in [-0.39, 0.29) is 36.9 Å². The van der Waals surface area contributed by atoms with Crippen molar-refractivity contribution in [2.45, 2.75) is 134 Å². The highest BCUT2D eigenvalue weighted by Crippen LogP contribution is 2.37. The number of methoxy groups -OCH3 is 1. The summed E-state index contributed by atoms with van der Waals surface area (Å²) in [5, 5.41) is 31.9. The van der Waals surface area contributed by atoms with Crippen molar-refractivity contribution in [2.75, 3.05) is 40.3 Å². The summed E-state index contributed by atoms with van der Waals surface area (Å²) >= 11 is 0. The number of likely N-dealkylation sites (N-methyl/N-ethyl adjacent to an activating group) is 1. The first kappa shape index (κ1) is 40.2. The van der Waals surface area contributed by atoms with Gasteiger partial charge in [0, 0.05) is 45.5 Å². The zero-order chi connectivity index (χ0) is 35.6. The predicted octanol–water partition coefficient (Wildman–Crippen LogP) is 4.39. The Morgan fingerprint density at radius 2 is 1.98 bits per heavy atom. The fourth-order valence-electron chi connectivity index (χ4n) is 6.60. The average Bonchev–Trinajstić information content (AvgIpc) is 3.58. The van der Waals surface area contributed by atoms with Gasteiger partial charge < -0.3 is 44.1 Å². The monoisotopic (exact) mass is 678 g/mol. The van der Waals surface area contributed by atoms with Crippen LogP contribution < -0.4 is 0 Å². The fraction of sp³-hybridized carbons (Fsp3) is 0.784. The van der Waals surface area contributed by atoms with Crippen LogP contribution in [0.2, 0.25) is 0 Å². The molecular formula is C37H62N2O9. The molecule has 3 aliphatic rings. The Labute approximate surface area is 287 Å². The molecule has 0 aliphatic carbocycles. The summed E-state index contributed by atoms with van der Waals surface area (Å²) in [5.41, 5.74) is -1.35. The smallest absolute Gasteiger partial charge is 0.410 e. The summed E-state index contributed by atoms with van der Waals surface area (Å²) in [7, 11) is 3.29. The number of likely N-dealkylation sites (tertiary alicyclic amines) is 1. The number of cyclic esters (lactones) is 1. The van der Waals surface area contributed by atoms with Gasteiger partial charge >= 0.3 is 12.1 Å². The molecule has 3 aliphatic heterocycles. The van der Waals surface area contributed by atoms with Crippen molar-refractivity contribution in [3.63, 3.8) is 0 Å². The van der Waals surface area contributed by atoms with E-state index in [1.54, 1.807) is 50.3 Å². The molecule has 48 heavy (non-hydrogen) atoms. The molecule has 3 heterocycles. The van der Waals surface area contributed by atoms with Crippen LogP contribution in [-0.2, 0) is 23.7 Å². The van der Waals surface area contributed by atoms with Crippen LogP contribution in [-0.4, -0.2) is 125 Å². The highest BCUT2D eigenvalue weighted by atomic mass is 16.6. The minimum absolute atomic E-state index is 0.00340. The van der Waals surface area contributed by atoms with Gasteiger partial charge in [0.2, 0.25) is 0 Å². The number of hydrogen-bond acceptors (Lipinski definition) is 10. The van der Waals surface area contributed by atoms with E-state index in [0.717, 1.165) is 25.2 Å². The molecule has 0 bridgehead atoms. The number of esters is 1. The van der Waals surface area contributed by atoms with Crippen molar-refractivity contribution in [1.29, 1.82) is 0 Å². The largest absolute Gasteiger partial charge is 0.457 e. The normalized spacial score (nSPS) is 34.0. The van der Waals surface area contributed by atoms with Crippen LogP contribution in [0.1, 0.15) is 86.5 Å². The Balaban J connectivity index is 1.75. The maximum atomic E-state index is 13.2. The van der Waals surface area contributed by atoms with Crippen LogP contribution in [0.15, 0.2) is 36.0 Å². The van der Waals surface area contributed by atoms with Gasteiger partial charge in [0.25, 0.3) is 0 Å². The van der Waals surface area contributed by atoms with E-state index in [0.29, 0.717) is 25.8 Å². The number of hydrogen-bond donors (Lipinski definition) is 3. The van der Waals surface area contributed by atoms with E-state index in [2.05, 4.69) is 4.90 Å². The molecule has 11 nitrogen and oxygen atoms in total. The molecule has 3 rings (SSSR count).